The van der Waals surface area contributed by atoms with Crippen LogP contribution in [0.25, 0.3) is 10.9 Å². The van der Waals surface area contributed by atoms with Crippen LogP contribution in [-0.4, -0.2) is 57.6 Å². The normalized spacial score (nSPS) is 20.0. The summed E-state index contributed by atoms with van der Waals surface area (Å²) in [6.45, 7) is 4.78. The minimum atomic E-state index is -0.609. The predicted molar refractivity (Wildman–Crippen MR) is 127 cm³/mol. The Morgan fingerprint density at radius 3 is 2.85 bits per heavy atom. The van der Waals surface area contributed by atoms with E-state index in [0.29, 0.717) is 29.0 Å². The van der Waals surface area contributed by atoms with Gasteiger partial charge >= 0.3 is 5.69 Å². The van der Waals surface area contributed by atoms with Crippen molar-refractivity contribution in [2.45, 2.75) is 38.5 Å². The predicted octanol–water partition coefficient (Wildman–Crippen LogP) is 2.44. The minimum Gasteiger partial charge on any atom is -0.364 e. The number of carbonyl (C=O) groups excluding carboxylic acids is 1. The van der Waals surface area contributed by atoms with Crippen molar-refractivity contribution in [3.8, 4) is 0 Å². The molecule has 2 aromatic heterocycles. The zero-order valence-electron chi connectivity index (χ0n) is 18.5. The highest BCUT2D eigenvalue weighted by molar-refractivity contribution is 7.71. The van der Waals surface area contributed by atoms with Gasteiger partial charge in [-0.15, -0.1) is 0 Å². The van der Waals surface area contributed by atoms with Crippen molar-refractivity contribution in [3.05, 3.63) is 62.7 Å². The number of aromatic nitrogens is 3. The molecule has 3 aromatic rings. The number of rotatable bonds is 5. The van der Waals surface area contributed by atoms with E-state index in [1.165, 1.54) is 13.1 Å². The first-order valence-corrected chi connectivity index (χ1v) is 11.5. The quantitative estimate of drug-likeness (QED) is 0.560. The van der Waals surface area contributed by atoms with Crippen molar-refractivity contribution >= 4 is 34.7 Å². The van der Waals surface area contributed by atoms with Crippen molar-refractivity contribution in [1.29, 1.82) is 0 Å². The van der Waals surface area contributed by atoms with E-state index in [0.717, 1.165) is 42.5 Å². The lowest BCUT2D eigenvalue weighted by Gasteiger charge is -2.35. The molecule has 10 heteroatoms. The third kappa shape index (κ3) is 3.83. The van der Waals surface area contributed by atoms with E-state index in [9.17, 15) is 14.0 Å². The number of piperazine rings is 1. The van der Waals surface area contributed by atoms with Gasteiger partial charge in [0.05, 0.1) is 17.4 Å². The number of benzene rings is 1. The molecule has 172 valence electrons. The van der Waals surface area contributed by atoms with Crippen LogP contribution in [0.15, 0.2) is 35.3 Å². The molecule has 0 bridgehead atoms. The maximum Gasteiger partial charge on any atom is 0.326 e. The average molecular weight is 469 g/mol. The SMILES string of the molecule is CCn1c(=O)[nH]c2cc(CN3CCN(c4cnc(C(=O)NC)c(F)c4)C4CC43)ccc2c1=S. The summed E-state index contributed by atoms with van der Waals surface area (Å²) in [5.74, 6) is -1.14. The van der Waals surface area contributed by atoms with Crippen LogP contribution in [0.2, 0.25) is 0 Å². The third-order valence-corrected chi connectivity index (χ3v) is 7.01. The molecule has 1 saturated carbocycles. The van der Waals surface area contributed by atoms with Gasteiger partial charge in [-0.2, -0.15) is 0 Å². The van der Waals surface area contributed by atoms with Crippen LogP contribution in [0.4, 0.5) is 10.1 Å². The Kier molecular flexibility index (Phi) is 5.49. The Bertz CT molecular complexity index is 1370. The number of H-pyrrole nitrogens is 1. The number of carbonyl (C=O) groups is 1. The van der Waals surface area contributed by atoms with E-state index in [1.807, 2.05) is 19.1 Å². The van der Waals surface area contributed by atoms with Crippen LogP contribution in [-0.2, 0) is 13.1 Å². The zero-order valence-corrected chi connectivity index (χ0v) is 19.3. The lowest BCUT2D eigenvalue weighted by Crippen LogP contribution is -2.46. The van der Waals surface area contributed by atoms with Crippen molar-refractivity contribution in [1.82, 2.24) is 24.8 Å². The van der Waals surface area contributed by atoms with E-state index < -0.39 is 11.7 Å². The fourth-order valence-electron chi connectivity index (χ4n) is 4.77. The molecule has 1 aliphatic carbocycles. The molecule has 2 atom stereocenters. The van der Waals surface area contributed by atoms with E-state index in [4.69, 9.17) is 12.2 Å². The molecule has 2 aliphatic rings. The number of fused-ring (bicyclic) bond motifs is 2. The number of nitrogens with one attached hydrogen (secondary N) is 2. The first-order valence-electron chi connectivity index (χ1n) is 11.0. The van der Waals surface area contributed by atoms with Crippen molar-refractivity contribution in [2.24, 2.45) is 0 Å². The Labute approximate surface area is 195 Å². The number of nitrogens with zero attached hydrogens (tertiary/aromatic N) is 4. The largest absolute Gasteiger partial charge is 0.364 e. The number of anilines is 1. The first kappa shape index (κ1) is 21.7. The van der Waals surface area contributed by atoms with Crippen molar-refractivity contribution in [3.63, 3.8) is 0 Å². The van der Waals surface area contributed by atoms with Gasteiger partial charge in [-0.25, -0.2) is 14.2 Å². The Balaban J connectivity index is 1.31. The van der Waals surface area contributed by atoms with Crippen LogP contribution in [0, 0.1) is 10.5 Å². The number of pyridine rings is 1. The Morgan fingerprint density at radius 2 is 2.12 bits per heavy atom. The van der Waals surface area contributed by atoms with Crippen LogP contribution < -0.4 is 15.9 Å². The van der Waals surface area contributed by atoms with Gasteiger partial charge < -0.3 is 15.2 Å². The molecule has 3 heterocycles. The lowest BCUT2D eigenvalue weighted by atomic mass is 10.1. The van der Waals surface area contributed by atoms with Crippen LogP contribution in [0.1, 0.15) is 29.4 Å². The van der Waals surface area contributed by atoms with Crippen molar-refractivity contribution < 1.29 is 9.18 Å². The minimum absolute atomic E-state index is 0.187. The summed E-state index contributed by atoms with van der Waals surface area (Å²) in [6, 6.07) is 8.14. The Morgan fingerprint density at radius 1 is 1.30 bits per heavy atom. The van der Waals surface area contributed by atoms with Gasteiger partial charge in [-0.05, 0) is 31.0 Å². The van der Waals surface area contributed by atoms with E-state index >= 15 is 0 Å². The van der Waals surface area contributed by atoms with E-state index in [-0.39, 0.29) is 11.4 Å². The summed E-state index contributed by atoms with van der Waals surface area (Å²) >= 11 is 5.48. The van der Waals surface area contributed by atoms with Gasteiger partial charge in [0.15, 0.2) is 11.5 Å². The maximum absolute atomic E-state index is 14.4. The second-order valence-corrected chi connectivity index (χ2v) is 8.88. The highest BCUT2D eigenvalue weighted by atomic mass is 32.1. The van der Waals surface area contributed by atoms with Crippen LogP contribution in [0.3, 0.4) is 0 Å². The van der Waals surface area contributed by atoms with Gasteiger partial charge in [0.25, 0.3) is 5.91 Å². The topological polar surface area (TPSA) is 86.3 Å². The molecule has 0 spiro atoms. The van der Waals surface area contributed by atoms with Gasteiger partial charge in [-0.3, -0.25) is 14.3 Å². The van der Waals surface area contributed by atoms with Gasteiger partial charge in [0.1, 0.15) is 4.64 Å². The summed E-state index contributed by atoms with van der Waals surface area (Å²) < 4.78 is 16.5. The number of hydrogen-bond acceptors (Lipinski definition) is 6. The molecule has 5 rings (SSSR count). The monoisotopic (exact) mass is 468 g/mol. The molecule has 2 unspecified atom stereocenters. The molecule has 33 heavy (non-hydrogen) atoms. The third-order valence-electron chi connectivity index (χ3n) is 6.57. The van der Waals surface area contributed by atoms with Gasteiger partial charge in [-0.1, -0.05) is 18.3 Å². The molecule has 1 saturated heterocycles. The molecule has 2 N–H and O–H groups in total. The Hall–Kier alpha value is -3.11. The number of aromatic amines is 1. The smallest absolute Gasteiger partial charge is 0.326 e. The second kappa shape index (κ2) is 8.35. The first-order chi connectivity index (χ1) is 15.9. The highest BCUT2D eigenvalue weighted by Crippen LogP contribution is 2.40. The zero-order chi connectivity index (χ0) is 23.3. The summed E-state index contributed by atoms with van der Waals surface area (Å²) in [6.07, 6.45) is 2.57. The van der Waals surface area contributed by atoms with Crippen molar-refractivity contribution in [2.75, 3.05) is 25.0 Å². The highest BCUT2D eigenvalue weighted by Gasteiger charge is 2.49. The fraction of sp³-hybridized carbons (Fsp3) is 0.391. The van der Waals surface area contributed by atoms with E-state index in [2.05, 4.69) is 31.2 Å². The van der Waals surface area contributed by atoms with E-state index in [1.54, 1.807) is 10.8 Å². The van der Waals surface area contributed by atoms with Gasteiger partial charge in [0, 0.05) is 56.8 Å². The standard InChI is InChI=1S/C23H25FN6O2S/c1-3-29-22(33)15-5-4-13(8-17(15)27-23(29)32)12-28-6-7-30(19-10-18(19)28)14-9-16(24)20(26-11-14)21(31)25-2/h4-5,8-9,11,18-19H,3,6-7,10,12H2,1-2H3,(H,25,31)(H,27,32). The van der Waals surface area contributed by atoms with Crippen LogP contribution in [0.5, 0.6) is 0 Å². The number of amides is 1. The molecule has 8 nitrogen and oxygen atoms in total. The van der Waals surface area contributed by atoms with Crippen LogP contribution >= 0.6 is 12.2 Å². The maximum atomic E-state index is 14.4. The average Bonchev–Trinajstić information content (AvgIpc) is 3.60. The summed E-state index contributed by atoms with van der Waals surface area (Å²) in [4.78, 5) is 35.6. The number of hydrogen-bond donors (Lipinski definition) is 2. The lowest BCUT2D eigenvalue weighted by molar-refractivity contribution is 0.0953. The molecule has 1 aromatic carbocycles. The summed E-state index contributed by atoms with van der Waals surface area (Å²) in [5, 5.41) is 3.28. The molecular weight excluding hydrogens is 443 g/mol. The molecule has 0 radical (unpaired) electrons. The fourth-order valence-corrected chi connectivity index (χ4v) is 5.16. The molecule has 1 amide bonds. The molecular formula is C23H25FN6O2S. The summed E-state index contributed by atoms with van der Waals surface area (Å²) in [5.41, 5.74) is 2.21. The molecule has 1 aliphatic heterocycles. The number of halogens is 1. The summed E-state index contributed by atoms with van der Waals surface area (Å²) in [7, 11) is 1.45. The molecule has 2 fully saturated rings. The second-order valence-electron chi connectivity index (χ2n) is 8.50. The van der Waals surface area contributed by atoms with Gasteiger partial charge in [0.2, 0.25) is 0 Å².